The Morgan fingerprint density at radius 1 is 1.07 bits per heavy atom. The van der Waals surface area contributed by atoms with Crippen molar-refractivity contribution in [2.75, 3.05) is 25.0 Å². The van der Waals surface area contributed by atoms with Gasteiger partial charge in [-0.3, -0.25) is 14.4 Å². The van der Waals surface area contributed by atoms with E-state index in [1.165, 1.54) is 0 Å². The van der Waals surface area contributed by atoms with E-state index in [0.29, 0.717) is 36.3 Å². The third-order valence-electron chi connectivity index (χ3n) is 7.47. The highest BCUT2D eigenvalue weighted by Gasteiger charge is 2.23. The molecule has 5 rings (SSSR count). The van der Waals surface area contributed by atoms with Crippen molar-refractivity contribution < 1.29 is 14.4 Å². The molecular weight excluding hydrogens is 540 g/mol. The average molecular weight is 577 g/mol. The lowest BCUT2D eigenvalue weighted by Crippen LogP contribution is -2.52. The highest BCUT2D eigenvalue weighted by molar-refractivity contribution is 6.13. The molecule has 0 bridgehead atoms. The lowest BCUT2D eigenvalue weighted by molar-refractivity contribution is -0.132. The van der Waals surface area contributed by atoms with Gasteiger partial charge in [-0.1, -0.05) is 18.6 Å². The number of carbonyl (C=O) groups is 3. The van der Waals surface area contributed by atoms with E-state index in [0.717, 1.165) is 40.8 Å². The lowest BCUT2D eigenvalue weighted by Gasteiger charge is -2.32. The van der Waals surface area contributed by atoms with Gasteiger partial charge in [0.2, 0.25) is 5.91 Å². The number of aryl methyl sites for hydroxylation is 1. The summed E-state index contributed by atoms with van der Waals surface area (Å²) < 4.78 is 3.61. The number of nitrogens with zero attached hydrogens (tertiary/aromatic N) is 4. The number of carbonyl (C=O) groups excluding carboxylic acids is 3. The second-order valence-corrected chi connectivity index (χ2v) is 10.6. The highest BCUT2D eigenvalue weighted by atomic mass is 35.5. The Balaban J connectivity index is 0.00000387. The zero-order valence-electron chi connectivity index (χ0n) is 23.9. The topological polar surface area (TPSA) is 101 Å². The Morgan fingerprint density at radius 2 is 1.83 bits per heavy atom. The Hall–Kier alpha value is -3.95. The quantitative estimate of drug-likeness (QED) is 0.290. The Bertz CT molecular complexity index is 1570. The van der Waals surface area contributed by atoms with Crippen LogP contribution in [0.3, 0.4) is 0 Å². The van der Waals surface area contributed by atoms with E-state index < -0.39 is 0 Å². The van der Waals surface area contributed by atoms with E-state index in [4.69, 9.17) is 0 Å². The SMILES string of the molecule is CCCC(=O)c1cnn(-c2ccc(NC(=O)c3cn(CC(=O)N4CCNC(C)C4)c4ccc(C)cc34)cc2)c1C.Cl. The number of anilines is 1. The molecule has 0 radical (unpaired) electrons. The van der Waals surface area contributed by atoms with Crippen LogP contribution in [0, 0.1) is 13.8 Å². The first-order chi connectivity index (χ1) is 19.2. The molecule has 2 N–H and O–H groups in total. The van der Waals surface area contributed by atoms with E-state index in [-0.39, 0.29) is 42.6 Å². The summed E-state index contributed by atoms with van der Waals surface area (Å²) in [7, 11) is 0. The van der Waals surface area contributed by atoms with Crippen molar-refractivity contribution in [2.24, 2.45) is 0 Å². The van der Waals surface area contributed by atoms with Crippen molar-refractivity contribution in [3.8, 4) is 5.69 Å². The van der Waals surface area contributed by atoms with Crippen LogP contribution in [-0.4, -0.2) is 62.5 Å². The maximum Gasteiger partial charge on any atom is 0.257 e. The predicted octanol–water partition coefficient (Wildman–Crippen LogP) is 4.92. The van der Waals surface area contributed by atoms with Crippen LogP contribution in [0.4, 0.5) is 5.69 Å². The number of rotatable bonds is 8. The number of aromatic nitrogens is 3. The summed E-state index contributed by atoms with van der Waals surface area (Å²) >= 11 is 0. The minimum Gasteiger partial charge on any atom is -0.338 e. The maximum absolute atomic E-state index is 13.4. The van der Waals surface area contributed by atoms with Crippen LogP contribution in [-0.2, 0) is 11.3 Å². The molecule has 1 atom stereocenters. The summed E-state index contributed by atoms with van der Waals surface area (Å²) in [5.74, 6) is -0.108. The molecule has 0 spiro atoms. The number of benzene rings is 2. The highest BCUT2D eigenvalue weighted by Crippen LogP contribution is 2.25. The molecule has 1 aliphatic rings. The molecule has 4 aromatic rings. The van der Waals surface area contributed by atoms with Crippen LogP contribution in [0.2, 0.25) is 0 Å². The van der Waals surface area contributed by atoms with Gasteiger partial charge in [-0.2, -0.15) is 5.10 Å². The molecule has 41 heavy (non-hydrogen) atoms. The standard InChI is InChI=1S/C31H36N6O3.ClH/c1-5-6-29(38)26-16-33-37(22(26)4)24-10-8-23(9-11-24)34-31(40)27-18-36(28-12-7-20(2)15-25(27)28)19-30(39)35-14-13-32-21(3)17-35;/h7-12,15-16,18,21,32H,5-6,13-14,17,19H2,1-4H3,(H,34,40);1H. The summed E-state index contributed by atoms with van der Waals surface area (Å²) in [6, 6.07) is 13.6. The van der Waals surface area contributed by atoms with Crippen LogP contribution in [0.25, 0.3) is 16.6 Å². The number of Topliss-reactive ketones (excluding diaryl/α,β-unsaturated/α-hetero) is 1. The molecule has 1 aliphatic heterocycles. The van der Waals surface area contributed by atoms with Gasteiger partial charge in [0, 0.05) is 54.9 Å². The lowest BCUT2D eigenvalue weighted by atomic mass is 10.1. The first kappa shape index (κ1) is 30.0. The monoisotopic (exact) mass is 576 g/mol. The molecule has 2 aromatic carbocycles. The molecule has 0 aliphatic carbocycles. The summed E-state index contributed by atoms with van der Waals surface area (Å²) in [5.41, 5.74) is 5.28. The molecule has 1 saturated heterocycles. The third-order valence-corrected chi connectivity index (χ3v) is 7.47. The van der Waals surface area contributed by atoms with E-state index >= 15 is 0 Å². The van der Waals surface area contributed by atoms with Gasteiger partial charge in [-0.25, -0.2) is 4.68 Å². The number of amides is 2. The Labute approximate surface area is 246 Å². The summed E-state index contributed by atoms with van der Waals surface area (Å²) in [6.07, 6.45) is 4.69. The van der Waals surface area contributed by atoms with E-state index in [2.05, 4.69) is 22.7 Å². The number of halogens is 1. The van der Waals surface area contributed by atoms with E-state index in [1.54, 1.807) is 17.1 Å². The Kier molecular flexibility index (Phi) is 9.30. The molecule has 3 heterocycles. The van der Waals surface area contributed by atoms with Crippen molar-refractivity contribution in [1.82, 2.24) is 24.6 Å². The van der Waals surface area contributed by atoms with Crippen LogP contribution >= 0.6 is 12.4 Å². The van der Waals surface area contributed by atoms with Crippen LogP contribution in [0.15, 0.2) is 54.9 Å². The molecule has 10 heteroatoms. The zero-order valence-corrected chi connectivity index (χ0v) is 24.8. The molecule has 216 valence electrons. The van der Waals surface area contributed by atoms with E-state index in [1.807, 2.05) is 72.7 Å². The second kappa shape index (κ2) is 12.7. The number of hydrogen-bond donors (Lipinski definition) is 2. The number of nitrogens with one attached hydrogen (secondary N) is 2. The predicted molar refractivity (Wildman–Crippen MR) is 163 cm³/mol. The fourth-order valence-electron chi connectivity index (χ4n) is 5.32. The number of hydrogen-bond acceptors (Lipinski definition) is 5. The summed E-state index contributed by atoms with van der Waals surface area (Å²) in [5, 5.41) is 11.6. The molecule has 9 nitrogen and oxygen atoms in total. The van der Waals surface area contributed by atoms with Crippen molar-refractivity contribution in [3.05, 3.63) is 77.2 Å². The zero-order chi connectivity index (χ0) is 28.4. The average Bonchev–Trinajstić information content (AvgIpc) is 3.49. The minimum absolute atomic E-state index is 0. The van der Waals surface area contributed by atoms with Gasteiger partial charge in [-0.05, 0) is 63.6 Å². The smallest absolute Gasteiger partial charge is 0.257 e. The van der Waals surface area contributed by atoms with E-state index in [9.17, 15) is 14.4 Å². The van der Waals surface area contributed by atoms with Crippen LogP contribution in [0.1, 0.15) is 58.7 Å². The van der Waals surface area contributed by atoms with Gasteiger partial charge in [0.05, 0.1) is 28.7 Å². The number of ketones is 1. The van der Waals surface area contributed by atoms with Crippen molar-refractivity contribution in [3.63, 3.8) is 0 Å². The van der Waals surface area contributed by atoms with Gasteiger partial charge in [-0.15, -0.1) is 12.4 Å². The Morgan fingerprint density at radius 3 is 2.54 bits per heavy atom. The fourth-order valence-corrected chi connectivity index (χ4v) is 5.32. The van der Waals surface area contributed by atoms with Crippen molar-refractivity contribution in [2.45, 2.75) is 53.1 Å². The second-order valence-electron chi connectivity index (χ2n) is 10.6. The fraction of sp³-hybridized carbons (Fsp3) is 0.355. The van der Waals surface area contributed by atoms with Gasteiger partial charge in [0.1, 0.15) is 6.54 Å². The first-order valence-electron chi connectivity index (χ1n) is 13.9. The molecule has 0 saturated carbocycles. The summed E-state index contributed by atoms with van der Waals surface area (Å²) in [6.45, 7) is 10.2. The maximum atomic E-state index is 13.4. The molecule has 1 fully saturated rings. The van der Waals surface area contributed by atoms with Crippen molar-refractivity contribution in [1.29, 1.82) is 0 Å². The van der Waals surface area contributed by atoms with Gasteiger partial charge in [0.25, 0.3) is 5.91 Å². The van der Waals surface area contributed by atoms with Crippen molar-refractivity contribution >= 4 is 46.6 Å². The minimum atomic E-state index is -0.243. The van der Waals surface area contributed by atoms with Crippen LogP contribution < -0.4 is 10.6 Å². The first-order valence-corrected chi connectivity index (χ1v) is 13.9. The molecule has 1 unspecified atom stereocenters. The third kappa shape index (κ3) is 6.36. The molecule has 2 aromatic heterocycles. The van der Waals surface area contributed by atoms with Gasteiger partial charge < -0.3 is 20.1 Å². The molecular formula is C31H37ClN6O3. The largest absolute Gasteiger partial charge is 0.338 e. The van der Waals surface area contributed by atoms with Crippen LogP contribution in [0.5, 0.6) is 0 Å². The van der Waals surface area contributed by atoms with Gasteiger partial charge in [0.15, 0.2) is 5.78 Å². The normalized spacial score (nSPS) is 15.0. The molecule has 2 amide bonds. The summed E-state index contributed by atoms with van der Waals surface area (Å²) in [4.78, 5) is 40.8. The number of piperazine rings is 1. The van der Waals surface area contributed by atoms with Gasteiger partial charge >= 0.3 is 0 Å². The number of fused-ring (bicyclic) bond motifs is 1.